The van der Waals surface area contributed by atoms with Crippen molar-refractivity contribution in [3.63, 3.8) is 0 Å². The smallest absolute Gasteiger partial charge is 0.264 e. The minimum absolute atomic E-state index is 0.0693. The highest BCUT2D eigenvalue weighted by atomic mass is 79.9. The molecule has 0 fully saturated rings. The number of aryl methyl sites for hydroxylation is 1. The maximum absolute atomic E-state index is 14.4. The predicted octanol–water partition coefficient (Wildman–Crippen LogP) is 6.88. The third-order valence-corrected chi connectivity index (χ3v) is 9.93. The molecule has 0 heterocycles. The van der Waals surface area contributed by atoms with E-state index >= 15 is 0 Å². The SMILES string of the molecule is CCCNC(=O)[C@H](Cc1ccccc1)N(Cc1ccc(Br)cc1)C(=O)CN(c1ccc(Br)cc1)S(=O)(=O)c1ccc(C)cc1. The molecule has 0 radical (unpaired) electrons. The lowest BCUT2D eigenvalue weighted by atomic mass is 10.0. The summed E-state index contributed by atoms with van der Waals surface area (Å²) < 4.78 is 30.9. The monoisotopic (exact) mass is 739 g/mol. The highest BCUT2D eigenvalue weighted by Gasteiger charge is 2.34. The van der Waals surface area contributed by atoms with E-state index in [0.29, 0.717) is 12.2 Å². The first kappa shape index (κ1) is 33.4. The van der Waals surface area contributed by atoms with Crippen molar-refractivity contribution in [1.29, 1.82) is 0 Å². The highest BCUT2D eigenvalue weighted by Crippen LogP contribution is 2.27. The number of halogens is 2. The fourth-order valence-electron chi connectivity index (χ4n) is 4.68. The summed E-state index contributed by atoms with van der Waals surface area (Å²) >= 11 is 6.87. The van der Waals surface area contributed by atoms with Gasteiger partial charge >= 0.3 is 0 Å². The van der Waals surface area contributed by atoms with Gasteiger partial charge in [-0.3, -0.25) is 13.9 Å². The van der Waals surface area contributed by atoms with Crippen LogP contribution in [-0.4, -0.2) is 44.3 Å². The fraction of sp³-hybridized carbons (Fsp3) is 0.235. The van der Waals surface area contributed by atoms with Gasteiger partial charge in [0.25, 0.3) is 10.0 Å². The Balaban J connectivity index is 1.78. The molecule has 4 aromatic carbocycles. The third-order valence-electron chi connectivity index (χ3n) is 7.09. The minimum atomic E-state index is -4.15. The second-order valence-corrected chi connectivity index (χ2v) is 14.1. The van der Waals surface area contributed by atoms with Crippen molar-refractivity contribution < 1.29 is 18.0 Å². The zero-order valence-electron chi connectivity index (χ0n) is 24.6. The molecule has 10 heteroatoms. The van der Waals surface area contributed by atoms with Gasteiger partial charge in [-0.1, -0.05) is 98.9 Å². The molecule has 0 spiro atoms. The molecular formula is C34H35Br2N3O4S. The van der Waals surface area contributed by atoms with Crippen LogP contribution in [0.3, 0.4) is 0 Å². The Hall–Kier alpha value is -3.47. The lowest BCUT2D eigenvalue weighted by Crippen LogP contribution is -2.53. The molecule has 0 aliphatic heterocycles. The van der Waals surface area contributed by atoms with Crippen molar-refractivity contribution in [2.45, 2.75) is 44.2 Å². The van der Waals surface area contributed by atoms with Gasteiger partial charge in [0.05, 0.1) is 10.6 Å². The number of rotatable bonds is 13. The molecule has 0 aromatic heterocycles. The molecule has 0 aliphatic rings. The summed E-state index contributed by atoms with van der Waals surface area (Å²) in [4.78, 5) is 29.7. The number of sulfonamides is 1. The second-order valence-electron chi connectivity index (χ2n) is 10.4. The van der Waals surface area contributed by atoms with E-state index in [1.54, 1.807) is 36.4 Å². The molecule has 0 saturated heterocycles. The molecular weight excluding hydrogens is 706 g/mol. The average Bonchev–Trinajstić information content (AvgIpc) is 3.02. The number of anilines is 1. The molecule has 4 aromatic rings. The van der Waals surface area contributed by atoms with Crippen LogP contribution in [0, 0.1) is 6.92 Å². The Morgan fingerprint density at radius 3 is 1.98 bits per heavy atom. The van der Waals surface area contributed by atoms with E-state index in [1.165, 1.54) is 17.0 Å². The van der Waals surface area contributed by atoms with Gasteiger partial charge in [-0.05, 0) is 73.0 Å². The Morgan fingerprint density at radius 1 is 0.795 bits per heavy atom. The van der Waals surface area contributed by atoms with Crippen LogP contribution in [-0.2, 0) is 32.6 Å². The number of carbonyl (C=O) groups is 2. The number of benzene rings is 4. The van der Waals surface area contributed by atoms with E-state index in [0.717, 1.165) is 36.4 Å². The maximum atomic E-state index is 14.4. The van der Waals surface area contributed by atoms with Gasteiger partial charge < -0.3 is 10.2 Å². The number of nitrogens with one attached hydrogen (secondary N) is 1. The quantitative estimate of drug-likeness (QED) is 0.162. The zero-order chi connectivity index (χ0) is 31.7. The van der Waals surface area contributed by atoms with E-state index in [-0.39, 0.29) is 23.8 Å². The third kappa shape index (κ3) is 8.80. The lowest BCUT2D eigenvalue weighted by molar-refractivity contribution is -0.140. The molecule has 4 rings (SSSR count). The minimum Gasteiger partial charge on any atom is -0.354 e. The van der Waals surface area contributed by atoms with Gasteiger partial charge in [0.15, 0.2) is 0 Å². The fourth-order valence-corrected chi connectivity index (χ4v) is 6.62. The summed E-state index contributed by atoms with van der Waals surface area (Å²) in [6, 6.07) is 29.4. The molecule has 1 atom stereocenters. The molecule has 0 unspecified atom stereocenters. The van der Waals surface area contributed by atoms with Crippen molar-refractivity contribution in [1.82, 2.24) is 10.2 Å². The topological polar surface area (TPSA) is 86.8 Å². The molecule has 44 heavy (non-hydrogen) atoms. The Morgan fingerprint density at radius 2 is 1.39 bits per heavy atom. The number of hydrogen-bond acceptors (Lipinski definition) is 4. The first-order chi connectivity index (χ1) is 21.1. The van der Waals surface area contributed by atoms with E-state index in [9.17, 15) is 18.0 Å². The van der Waals surface area contributed by atoms with E-state index in [2.05, 4.69) is 37.2 Å². The zero-order valence-corrected chi connectivity index (χ0v) is 28.6. The van der Waals surface area contributed by atoms with E-state index in [4.69, 9.17) is 0 Å². The number of hydrogen-bond donors (Lipinski definition) is 1. The first-order valence-electron chi connectivity index (χ1n) is 14.3. The largest absolute Gasteiger partial charge is 0.354 e. The number of nitrogens with zero attached hydrogens (tertiary/aromatic N) is 2. The number of carbonyl (C=O) groups excluding carboxylic acids is 2. The van der Waals surface area contributed by atoms with Crippen LogP contribution in [0.2, 0.25) is 0 Å². The highest BCUT2D eigenvalue weighted by molar-refractivity contribution is 9.10. The maximum Gasteiger partial charge on any atom is 0.264 e. The van der Waals surface area contributed by atoms with Gasteiger partial charge in [-0.15, -0.1) is 0 Å². The van der Waals surface area contributed by atoms with Crippen LogP contribution in [0.25, 0.3) is 0 Å². The average molecular weight is 742 g/mol. The van der Waals surface area contributed by atoms with Crippen LogP contribution in [0.5, 0.6) is 0 Å². The van der Waals surface area contributed by atoms with E-state index < -0.39 is 28.5 Å². The van der Waals surface area contributed by atoms with E-state index in [1.807, 2.05) is 68.4 Å². The summed E-state index contributed by atoms with van der Waals surface area (Å²) in [5, 5.41) is 2.96. The van der Waals surface area contributed by atoms with Crippen molar-refractivity contribution >= 4 is 59.4 Å². The second kappa shape index (κ2) is 15.5. The van der Waals surface area contributed by atoms with Gasteiger partial charge in [-0.25, -0.2) is 8.42 Å². The van der Waals surface area contributed by atoms with Crippen molar-refractivity contribution in [3.05, 3.63) is 129 Å². The standard InChI is InChI=1S/C34H35Br2N3O4S/c1-3-21-37-34(41)32(22-26-7-5-4-6-8-26)38(23-27-11-13-28(35)14-12-27)33(40)24-39(30-17-15-29(36)16-18-30)44(42,43)31-19-9-25(2)10-20-31/h4-20,32H,3,21-24H2,1-2H3,(H,37,41)/t32-/m0/s1. The summed E-state index contributed by atoms with van der Waals surface area (Å²) in [6.07, 6.45) is 0.998. The summed E-state index contributed by atoms with van der Waals surface area (Å²) in [7, 11) is -4.15. The first-order valence-corrected chi connectivity index (χ1v) is 17.3. The summed E-state index contributed by atoms with van der Waals surface area (Å²) in [5.41, 5.74) is 2.94. The molecule has 2 amide bonds. The van der Waals surface area contributed by atoms with Crippen LogP contribution in [0.15, 0.2) is 117 Å². The molecule has 0 bridgehead atoms. The Labute approximate surface area is 276 Å². The van der Waals surface area contributed by atoms with Crippen LogP contribution < -0.4 is 9.62 Å². The Kier molecular flexibility index (Phi) is 11.8. The van der Waals surface area contributed by atoms with Crippen molar-refractivity contribution in [2.75, 3.05) is 17.4 Å². The predicted molar refractivity (Wildman–Crippen MR) is 182 cm³/mol. The molecule has 230 valence electrons. The van der Waals surface area contributed by atoms with Crippen molar-refractivity contribution in [3.8, 4) is 0 Å². The normalized spacial score (nSPS) is 11.9. The van der Waals surface area contributed by atoms with Crippen LogP contribution in [0.1, 0.15) is 30.0 Å². The molecule has 0 saturated carbocycles. The van der Waals surface area contributed by atoms with Crippen molar-refractivity contribution in [2.24, 2.45) is 0 Å². The molecule has 1 N–H and O–H groups in total. The van der Waals surface area contributed by atoms with Crippen LogP contribution >= 0.6 is 31.9 Å². The molecule has 7 nitrogen and oxygen atoms in total. The summed E-state index contributed by atoms with van der Waals surface area (Å²) in [6.45, 7) is 3.91. The molecule has 0 aliphatic carbocycles. The van der Waals surface area contributed by atoms with Gasteiger partial charge in [0, 0.05) is 28.5 Å². The van der Waals surface area contributed by atoms with Gasteiger partial charge in [0.2, 0.25) is 11.8 Å². The van der Waals surface area contributed by atoms with Gasteiger partial charge in [0.1, 0.15) is 12.6 Å². The number of amides is 2. The van der Waals surface area contributed by atoms with Gasteiger partial charge in [-0.2, -0.15) is 0 Å². The Bertz CT molecular complexity index is 1650. The summed E-state index contributed by atoms with van der Waals surface area (Å²) in [5.74, 6) is -0.795. The lowest BCUT2D eigenvalue weighted by Gasteiger charge is -2.34. The van der Waals surface area contributed by atoms with Crippen LogP contribution in [0.4, 0.5) is 5.69 Å².